The van der Waals surface area contributed by atoms with Gasteiger partial charge in [-0.05, 0) is 99.1 Å². The summed E-state index contributed by atoms with van der Waals surface area (Å²) in [5.41, 5.74) is 16.5. The van der Waals surface area contributed by atoms with Gasteiger partial charge in [-0.25, -0.2) is 0 Å². The van der Waals surface area contributed by atoms with Crippen molar-refractivity contribution >= 4 is 32.3 Å². The average molecular weight is 587 g/mol. The van der Waals surface area contributed by atoms with Crippen molar-refractivity contribution in [1.82, 2.24) is 0 Å². The lowest BCUT2D eigenvalue weighted by Crippen LogP contribution is -2.17. The summed E-state index contributed by atoms with van der Waals surface area (Å²) in [6, 6.07) is 50.4. The number of rotatable bonds is 2. The van der Waals surface area contributed by atoms with Crippen molar-refractivity contribution < 1.29 is 0 Å². The Kier molecular flexibility index (Phi) is 4.95. The van der Waals surface area contributed by atoms with E-state index in [1.165, 1.54) is 99.1 Å². The average Bonchev–Trinajstić information content (AvgIpc) is 3.47. The molecule has 0 saturated carbocycles. The first-order chi connectivity index (χ1) is 22.4. The molecule has 8 aromatic carbocycles. The lowest BCUT2D eigenvalue weighted by molar-refractivity contribution is 0.651. The maximum atomic E-state index is 2.43. The van der Waals surface area contributed by atoms with E-state index >= 15 is 0 Å². The van der Waals surface area contributed by atoms with Crippen molar-refractivity contribution in [2.45, 2.75) is 38.5 Å². The van der Waals surface area contributed by atoms with Crippen molar-refractivity contribution in [3.8, 4) is 44.5 Å². The van der Waals surface area contributed by atoms with E-state index in [0.717, 1.165) is 0 Å². The van der Waals surface area contributed by atoms with Crippen LogP contribution >= 0.6 is 0 Å². The molecule has 0 radical (unpaired) electrons. The quantitative estimate of drug-likeness (QED) is 0.177. The first-order valence-electron chi connectivity index (χ1n) is 16.5. The van der Waals surface area contributed by atoms with Gasteiger partial charge in [0, 0.05) is 10.8 Å². The van der Waals surface area contributed by atoms with Crippen molar-refractivity contribution in [3.63, 3.8) is 0 Å². The number of hydrogen-bond acceptors (Lipinski definition) is 0. The zero-order valence-electron chi connectivity index (χ0n) is 26.7. The van der Waals surface area contributed by atoms with Gasteiger partial charge in [-0.2, -0.15) is 0 Å². The van der Waals surface area contributed by atoms with Gasteiger partial charge in [0.25, 0.3) is 0 Å². The molecule has 0 amide bonds. The molecule has 0 aliphatic heterocycles. The summed E-state index contributed by atoms with van der Waals surface area (Å²) in [4.78, 5) is 0. The molecule has 10 rings (SSSR count). The zero-order chi connectivity index (χ0) is 30.9. The Morgan fingerprint density at radius 1 is 0.348 bits per heavy atom. The van der Waals surface area contributed by atoms with Crippen molar-refractivity contribution in [2.24, 2.45) is 0 Å². The van der Waals surface area contributed by atoms with Crippen LogP contribution in [0.15, 0.2) is 133 Å². The molecule has 0 N–H and O–H groups in total. The molecule has 0 atom stereocenters. The van der Waals surface area contributed by atoms with Gasteiger partial charge < -0.3 is 0 Å². The number of fused-ring (bicyclic) bond motifs is 7. The Morgan fingerprint density at radius 2 is 0.891 bits per heavy atom. The third kappa shape index (κ3) is 3.14. The highest BCUT2D eigenvalue weighted by Crippen LogP contribution is 2.60. The first-order valence-corrected chi connectivity index (χ1v) is 16.5. The van der Waals surface area contributed by atoms with Crippen LogP contribution in [0.2, 0.25) is 0 Å². The summed E-state index contributed by atoms with van der Waals surface area (Å²) in [5.74, 6) is 0. The van der Waals surface area contributed by atoms with Crippen molar-refractivity contribution in [1.29, 1.82) is 0 Å². The standard InChI is InChI=1S/C46H34/c1-45(2)37-16-9-8-13-35(37)42-38(45)25-26-39-43(42)36-15-10-14-34(44(36)46(39,3)4)31-22-18-29-19-23-32-30(27-11-6-5-7-12-27)21-17-28-20-24-33(31)41(29)40(28)32/h5-26H,1-4H3. The summed E-state index contributed by atoms with van der Waals surface area (Å²) in [6.07, 6.45) is 0. The minimum Gasteiger partial charge on any atom is -0.0622 e. The highest BCUT2D eigenvalue weighted by atomic mass is 14.5. The molecule has 0 fully saturated rings. The third-order valence-corrected chi connectivity index (χ3v) is 11.4. The van der Waals surface area contributed by atoms with E-state index in [4.69, 9.17) is 0 Å². The molecule has 218 valence electrons. The highest BCUT2D eigenvalue weighted by molar-refractivity contribution is 6.27. The normalized spacial score (nSPS) is 15.3. The molecule has 0 spiro atoms. The summed E-state index contributed by atoms with van der Waals surface area (Å²) in [6.45, 7) is 9.63. The van der Waals surface area contributed by atoms with Crippen LogP contribution in [0.5, 0.6) is 0 Å². The topological polar surface area (TPSA) is 0 Å². The minimum absolute atomic E-state index is 0.0177. The summed E-state index contributed by atoms with van der Waals surface area (Å²) < 4.78 is 0. The fraction of sp³-hybridized carbons (Fsp3) is 0.130. The van der Waals surface area contributed by atoms with Gasteiger partial charge in [-0.3, -0.25) is 0 Å². The monoisotopic (exact) mass is 586 g/mol. The Balaban J connectivity index is 1.26. The van der Waals surface area contributed by atoms with E-state index in [1.807, 2.05) is 0 Å². The van der Waals surface area contributed by atoms with Gasteiger partial charge in [-0.1, -0.05) is 161 Å². The van der Waals surface area contributed by atoms with Gasteiger partial charge in [0.15, 0.2) is 0 Å². The Labute approximate surface area is 270 Å². The zero-order valence-corrected chi connectivity index (χ0v) is 26.7. The Morgan fingerprint density at radius 3 is 1.63 bits per heavy atom. The summed E-state index contributed by atoms with van der Waals surface area (Å²) >= 11 is 0. The molecule has 2 aliphatic rings. The Hall–Kier alpha value is -5.20. The molecular weight excluding hydrogens is 553 g/mol. The van der Waals surface area contributed by atoms with E-state index in [9.17, 15) is 0 Å². The molecule has 46 heavy (non-hydrogen) atoms. The Bertz CT molecular complexity index is 2560. The largest absolute Gasteiger partial charge is 0.0622 e. The predicted molar refractivity (Wildman–Crippen MR) is 196 cm³/mol. The number of hydrogen-bond donors (Lipinski definition) is 0. The second-order valence-corrected chi connectivity index (χ2v) is 14.4. The maximum absolute atomic E-state index is 2.43. The van der Waals surface area contributed by atoms with Crippen LogP contribution in [0.4, 0.5) is 0 Å². The molecule has 0 heterocycles. The van der Waals surface area contributed by atoms with Crippen molar-refractivity contribution in [2.75, 3.05) is 0 Å². The lowest BCUT2D eigenvalue weighted by atomic mass is 9.77. The molecule has 0 unspecified atom stereocenters. The molecular formula is C46H34. The van der Waals surface area contributed by atoms with E-state index < -0.39 is 0 Å². The predicted octanol–water partition coefficient (Wildman–Crippen LogP) is 12.5. The van der Waals surface area contributed by atoms with E-state index in [-0.39, 0.29) is 10.8 Å². The number of benzene rings is 8. The van der Waals surface area contributed by atoms with Gasteiger partial charge in [0.05, 0.1) is 0 Å². The fourth-order valence-electron chi connectivity index (χ4n) is 9.29. The van der Waals surface area contributed by atoms with E-state index in [0.29, 0.717) is 0 Å². The molecule has 0 aromatic heterocycles. The minimum atomic E-state index is -0.136. The summed E-state index contributed by atoms with van der Waals surface area (Å²) in [5, 5.41) is 7.99. The van der Waals surface area contributed by atoms with Crippen LogP contribution < -0.4 is 0 Å². The van der Waals surface area contributed by atoms with Crippen LogP contribution in [0, 0.1) is 0 Å². The second-order valence-electron chi connectivity index (χ2n) is 14.4. The molecule has 2 aliphatic carbocycles. The van der Waals surface area contributed by atoms with Crippen molar-refractivity contribution in [3.05, 3.63) is 156 Å². The van der Waals surface area contributed by atoms with Gasteiger partial charge in [0.2, 0.25) is 0 Å². The van der Waals surface area contributed by atoms with Crippen LogP contribution in [-0.4, -0.2) is 0 Å². The van der Waals surface area contributed by atoms with Gasteiger partial charge in [-0.15, -0.1) is 0 Å². The third-order valence-electron chi connectivity index (χ3n) is 11.4. The van der Waals surface area contributed by atoms with Gasteiger partial charge in [0.1, 0.15) is 0 Å². The first kappa shape index (κ1) is 26.1. The van der Waals surface area contributed by atoms with Crippen LogP contribution in [0.25, 0.3) is 76.8 Å². The summed E-state index contributed by atoms with van der Waals surface area (Å²) in [7, 11) is 0. The molecule has 8 aromatic rings. The van der Waals surface area contributed by atoms with Gasteiger partial charge >= 0.3 is 0 Å². The molecule has 0 saturated heterocycles. The van der Waals surface area contributed by atoms with E-state index in [1.54, 1.807) is 0 Å². The molecule has 0 heteroatoms. The maximum Gasteiger partial charge on any atom is 0.0165 e. The molecule has 0 bridgehead atoms. The SMILES string of the molecule is CC1(C)c2ccccc2-c2c1ccc1c2-c2cccc(-c3ccc4ccc5c(-c6ccccc6)ccc6ccc3c4c65)c2C1(C)C. The second kappa shape index (κ2) is 8.74. The van der Waals surface area contributed by atoms with Crippen LogP contribution in [0.3, 0.4) is 0 Å². The van der Waals surface area contributed by atoms with Crippen LogP contribution in [-0.2, 0) is 10.8 Å². The molecule has 0 nitrogen and oxygen atoms in total. The fourth-order valence-corrected chi connectivity index (χ4v) is 9.29. The van der Waals surface area contributed by atoms with E-state index in [2.05, 4.69) is 161 Å². The highest BCUT2D eigenvalue weighted by Gasteiger charge is 2.44. The smallest absolute Gasteiger partial charge is 0.0165 e. The van der Waals surface area contributed by atoms with Crippen LogP contribution in [0.1, 0.15) is 49.9 Å². The lowest BCUT2D eigenvalue weighted by Gasteiger charge is -2.26.